The molecule has 0 spiro atoms. The quantitative estimate of drug-likeness (QED) is 0.922. The van der Waals surface area contributed by atoms with Gasteiger partial charge in [-0.05, 0) is 13.3 Å². The van der Waals surface area contributed by atoms with Gasteiger partial charge in [-0.3, -0.25) is 4.21 Å². The van der Waals surface area contributed by atoms with Crippen LogP contribution in [0.25, 0.3) is 10.8 Å². The lowest BCUT2D eigenvalue weighted by Gasteiger charge is -2.15. The molecule has 0 aliphatic heterocycles. The lowest BCUT2D eigenvalue weighted by molar-refractivity contribution is 0.678. The minimum absolute atomic E-state index is 0.183. The van der Waals surface area contributed by atoms with Crippen molar-refractivity contribution in [1.82, 2.24) is 10.2 Å². The molecule has 2 unspecified atom stereocenters. The number of rotatable bonds is 5. The van der Waals surface area contributed by atoms with E-state index in [9.17, 15) is 4.21 Å². The zero-order valence-corrected chi connectivity index (χ0v) is 12.5. The average molecular weight is 298 g/mol. The molecule has 19 heavy (non-hydrogen) atoms. The number of nitrogens with zero attached hydrogens (tertiary/aromatic N) is 2. The molecule has 0 radical (unpaired) electrons. The summed E-state index contributed by atoms with van der Waals surface area (Å²) in [5.41, 5.74) is 0. The lowest BCUT2D eigenvalue weighted by atomic mass is 10.2. The Morgan fingerprint density at radius 3 is 2.68 bits per heavy atom. The zero-order valence-electron chi connectivity index (χ0n) is 10.9. The van der Waals surface area contributed by atoms with Crippen molar-refractivity contribution in [3.05, 3.63) is 29.4 Å². The number of halogens is 1. The molecule has 0 fully saturated rings. The van der Waals surface area contributed by atoms with Gasteiger partial charge in [0.25, 0.3) is 0 Å². The smallest absolute Gasteiger partial charge is 0.159 e. The van der Waals surface area contributed by atoms with Crippen molar-refractivity contribution in [2.45, 2.75) is 19.4 Å². The van der Waals surface area contributed by atoms with E-state index in [1.807, 2.05) is 31.2 Å². The molecule has 102 valence electrons. The summed E-state index contributed by atoms with van der Waals surface area (Å²) in [7, 11) is -0.772. The Labute approximate surface area is 120 Å². The van der Waals surface area contributed by atoms with Gasteiger partial charge in [0.1, 0.15) is 0 Å². The van der Waals surface area contributed by atoms with E-state index in [1.54, 1.807) is 6.26 Å². The monoisotopic (exact) mass is 297 g/mol. The largest absolute Gasteiger partial charge is 0.366 e. The standard InChI is InChI=1S/C13H16ClN3OS/c1-9(7-8-19(2)18)15-13-11-6-4-3-5-10(11)12(14)16-17-13/h3-6,9H,7-8H2,1-2H3,(H,15,17). The van der Waals surface area contributed by atoms with Gasteiger partial charge in [0.2, 0.25) is 0 Å². The van der Waals surface area contributed by atoms with Gasteiger partial charge in [0.15, 0.2) is 11.0 Å². The van der Waals surface area contributed by atoms with Crippen molar-refractivity contribution < 1.29 is 4.21 Å². The molecule has 2 atom stereocenters. The molecule has 4 nitrogen and oxygen atoms in total. The molecule has 1 heterocycles. The van der Waals surface area contributed by atoms with Gasteiger partial charge in [-0.25, -0.2) is 0 Å². The Bertz CT molecular complexity index is 605. The Morgan fingerprint density at radius 1 is 1.32 bits per heavy atom. The van der Waals surface area contributed by atoms with Crippen LogP contribution in [-0.4, -0.2) is 32.5 Å². The van der Waals surface area contributed by atoms with Crippen molar-refractivity contribution in [2.24, 2.45) is 0 Å². The summed E-state index contributed by atoms with van der Waals surface area (Å²) >= 11 is 6.03. The van der Waals surface area contributed by atoms with Crippen LogP contribution in [0.5, 0.6) is 0 Å². The number of aromatic nitrogens is 2. The van der Waals surface area contributed by atoms with Gasteiger partial charge >= 0.3 is 0 Å². The number of anilines is 1. The van der Waals surface area contributed by atoms with Gasteiger partial charge in [0.05, 0.1) is 0 Å². The first-order chi connectivity index (χ1) is 9.08. The minimum atomic E-state index is -0.772. The fraction of sp³-hybridized carbons (Fsp3) is 0.385. The molecule has 1 aromatic heterocycles. The van der Waals surface area contributed by atoms with Crippen molar-refractivity contribution in [3.63, 3.8) is 0 Å². The topological polar surface area (TPSA) is 54.9 Å². The summed E-state index contributed by atoms with van der Waals surface area (Å²) in [5, 5.41) is 13.6. The molecular weight excluding hydrogens is 282 g/mol. The number of benzene rings is 1. The molecule has 2 rings (SSSR count). The van der Waals surface area contributed by atoms with Gasteiger partial charge in [-0.1, -0.05) is 35.9 Å². The minimum Gasteiger partial charge on any atom is -0.366 e. The second-order valence-corrected chi connectivity index (χ2v) is 6.41. The summed E-state index contributed by atoms with van der Waals surface area (Å²) < 4.78 is 11.1. The van der Waals surface area contributed by atoms with Crippen LogP contribution in [-0.2, 0) is 10.8 Å². The highest BCUT2D eigenvalue weighted by Crippen LogP contribution is 2.26. The average Bonchev–Trinajstić information content (AvgIpc) is 2.40. The molecular formula is C13H16ClN3OS. The van der Waals surface area contributed by atoms with Crippen molar-refractivity contribution in [3.8, 4) is 0 Å². The van der Waals surface area contributed by atoms with Crippen LogP contribution in [0.3, 0.4) is 0 Å². The molecule has 0 bridgehead atoms. The molecule has 1 aromatic carbocycles. The Morgan fingerprint density at radius 2 is 2.00 bits per heavy atom. The van der Waals surface area contributed by atoms with Crippen LogP contribution >= 0.6 is 11.6 Å². The van der Waals surface area contributed by atoms with E-state index in [4.69, 9.17) is 11.6 Å². The predicted octanol–water partition coefficient (Wildman–Crippen LogP) is 2.85. The number of hydrogen-bond donors (Lipinski definition) is 1. The van der Waals surface area contributed by atoms with Crippen LogP contribution in [0.2, 0.25) is 5.15 Å². The summed E-state index contributed by atoms with van der Waals surface area (Å²) in [6.45, 7) is 2.04. The van der Waals surface area contributed by atoms with Gasteiger partial charge < -0.3 is 5.32 Å². The normalized spacial score (nSPS) is 14.3. The SMILES string of the molecule is CC(CCS(C)=O)Nc1nnc(Cl)c2ccccc12. The van der Waals surface area contributed by atoms with Gasteiger partial charge in [-0.15, -0.1) is 10.2 Å². The first kappa shape index (κ1) is 14.2. The van der Waals surface area contributed by atoms with E-state index in [1.165, 1.54) is 0 Å². The van der Waals surface area contributed by atoms with E-state index < -0.39 is 10.8 Å². The van der Waals surface area contributed by atoms with Gasteiger partial charge in [0, 0.05) is 39.6 Å². The maximum Gasteiger partial charge on any atom is 0.159 e. The third-order valence-corrected chi connectivity index (χ3v) is 3.95. The zero-order chi connectivity index (χ0) is 13.8. The number of hydrogen-bond acceptors (Lipinski definition) is 4. The van der Waals surface area contributed by atoms with Crippen LogP contribution in [0.1, 0.15) is 13.3 Å². The highest BCUT2D eigenvalue weighted by Gasteiger charge is 2.10. The number of fused-ring (bicyclic) bond motifs is 1. The fourth-order valence-electron chi connectivity index (χ4n) is 1.83. The van der Waals surface area contributed by atoms with E-state index >= 15 is 0 Å². The molecule has 0 amide bonds. The highest BCUT2D eigenvalue weighted by molar-refractivity contribution is 7.84. The maximum atomic E-state index is 11.1. The van der Waals surface area contributed by atoms with E-state index in [0.717, 1.165) is 23.0 Å². The highest BCUT2D eigenvalue weighted by atomic mass is 35.5. The molecule has 2 aromatic rings. The Hall–Kier alpha value is -1.20. The number of nitrogens with one attached hydrogen (secondary N) is 1. The third-order valence-electron chi connectivity index (χ3n) is 2.86. The first-order valence-electron chi connectivity index (χ1n) is 6.05. The summed E-state index contributed by atoms with van der Waals surface area (Å²) in [6.07, 6.45) is 2.53. The molecule has 0 aliphatic rings. The molecule has 0 aliphatic carbocycles. The van der Waals surface area contributed by atoms with E-state index in [-0.39, 0.29) is 6.04 Å². The molecule has 1 N–H and O–H groups in total. The van der Waals surface area contributed by atoms with Crippen LogP contribution in [0, 0.1) is 0 Å². The first-order valence-corrected chi connectivity index (χ1v) is 8.16. The van der Waals surface area contributed by atoms with Crippen molar-refractivity contribution >= 4 is 39.0 Å². The maximum absolute atomic E-state index is 11.1. The fourth-order valence-corrected chi connectivity index (χ4v) is 2.71. The van der Waals surface area contributed by atoms with Crippen LogP contribution < -0.4 is 5.32 Å². The van der Waals surface area contributed by atoms with Crippen LogP contribution in [0.15, 0.2) is 24.3 Å². The summed E-state index contributed by atoms with van der Waals surface area (Å²) in [6, 6.07) is 7.93. The van der Waals surface area contributed by atoms with Crippen LogP contribution in [0.4, 0.5) is 5.82 Å². The van der Waals surface area contributed by atoms with E-state index in [0.29, 0.717) is 10.9 Å². The van der Waals surface area contributed by atoms with Gasteiger partial charge in [-0.2, -0.15) is 0 Å². The Balaban J connectivity index is 2.21. The van der Waals surface area contributed by atoms with Crippen molar-refractivity contribution in [2.75, 3.05) is 17.3 Å². The third kappa shape index (κ3) is 3.64. The predicted molar refractivity (Wildman–Crippen MR) is 81.2 cm³/mol. The lowest BCUT2D eigenvalue weighted by Crippen LogP contribution is -2.19. The van der Waals surface area contributed by atoms with Crippen molar-refractivity contribution in [1.29, 1.82) is 0 Å². The molecule has 0 saturated carbocycles. The summed E-state index contributed by atoms with van der Waals surface area (Å²) in [5.74, 6) is 1.39. The molecule has 6 heteroatoms. The van der Waals surface area contributed by atoms with E-state index in [2.05, 4.69) is 15.5 Å². The Kier molecular flexibility index (Phi) is 4.71. The molecule has 0 saturated heterocycles. The second kappa shape index (κ2) is 6.30. The summed E-state index contributed by atoms with van der Waals surface area (Å²) in [4.78, 5) is 0. The second-order valence-electron chi connectivity index (χ2n) is 4.50.